The lowest BCUT2D eigenvalue weighted by Crippen LogP contribution is -2.48. The summed E-state index contributed by atoms with van der Waals surface area (Å²) in [6.07, 6.45) is 0. The number of amides is 2. The summed E-state index contributed by atoms with van der Waals surface area (Å²) in [7, 11) is 0. The van der Waals surface area contributed by atoms with Crippen molar-refractivity contribution in [1.29, 1.82) is 0 Å². The molecule has 0 aromatic heterocycles. The molecule has 31 heavy (non-hydrogen) atoms. The van der Waals surface area contributed by atoms with Gasteiger partial charge in [-0.2, -0.15) is 0 Å². The predicted molar refractivity (Wildman–Crippen MR) is 134 cm³/mol. The Labute approximate surface area is 199 Å². The molecule has 0 spiro atoms. The minimum Gasteiger partial charge on any atom is -0.354 e. The Bertz CT molecular complexity index is 863. The molecule has 2 aromatic carbocycles. The molecule has 6 heteroatoms. The van der Waals surface area contributed by atoms with Crippen LogP contribution in [0.1, 0.15) is 43.0 Å². The van der Waals surface area contributed by atoms with E-state index in [4.69, 9.17) is 0 Å². The Kier molecular flexibility index (Phi) is 10.1. The molecule has 2 aromatic rings. The third-order valence-electron chi connectivity index (χ3n) is 4.89. The van der Waals surface area contributed by atoms with Crippen molar-refractivity contribution >= 4 is 39.5 Å². The van der Waals surface area contributed by atoms with E-state index < -0.39 is 6.04 Å². The van der Waals surface area contributed by atoms with Crippen LogP contribution < -0.4 is 5.32 Å². The molecule has 0 heterocycles. The first kappa shape index (κ1) is 25.5. The van der Waals surface area contributed by atoms with E-state index in [0.717, 1.165) is 15.8 Å². The summed E-state index contributed by atoms with van der Waals surface area (Å²) in [6, 6.07) is 13.8. The average Bonchev–Trinajstić information content (AvgIpc) is 2.70. The third kappa shape index (κ3) is 8.69. The van der Waals surface area contributed by atoms with Crippen LogP contribution in [0, 0.1) is 19.8 Å². The molecule has 4 nitrogen and oxygen atoms in total. The molecule has 168 valence electrons. The first-order chi connectivity index (χ1) is 14.7. The third-order valence-corrected chi connectivity index (χ3v) is 6.41. The van der Waals surface area contributed by atoms with Crippen LogP contribution in [0.2, 0.25) is 0 Å². The van der Waals surface area contributed by atoms with Crippen molar-refractivity contribution in [3.8, 4) is 0 Å². The molecule has 1 atom stereocenters. The van der Waals surface area contributed by atoms with Gasteiger partial charge >= 0.3 is 0 Å². The zero-order chi connectivity index (χ0) is 23.0. The van der Waals surface area contributed by atoms with E-state index in [9.17, 15) is 9.59 Å². The number of thioether (sulfide) groups is 1. The second-order valence-corrected chi connectivity index (χ2v) is 10.4. The molecule has 0 unspecified atom stereocenters. The molecule has 2 amide bonds. The quantitative estimate of drug-likeness (QED) is 0.465. The van der Waals surface area contributed by atoms with Crippen molar-refractivity contribution in [3.63, 3.8) is 0 Å². The van der Waals surface area contributed by atoms with Crippen molar-refractivity contribution in [3.05, 3.63) is 69.2 Å². The van der Waals surface area contributed by atoms with Gasteiger partial charge in [0.15, 0.2) is 0 Å². The highest BCUT2D eigenvalue weighted by atomic mass is 79.9. The van der Waals surface area contributed by atoms with Gasteiger partial charge in [0.1, 0.15) is 6.04 Å². The number of hydrogen-bond donors (Lipinski definition) is 1. The van der Waals surface area contributed by atoms with Gasteiger partial charge in [-0.25, -0.2) is 0 Å². The fraction of sp³-hybridized carbons (Fsp3) is 0.440. The topological polar surface area (TPSA) is 49.4 Å². The van der Waals surface area contributed by atoms with Crippen LogP contribution >= 0.6 is 27.7 Å². The van der Waals surface area contributed by atoms with Crippen LogP contribution in [0.3, 0.4) is 0 Å². The monoisotopic (exact) mass is 504 g/mol. The minimum atomic E-state index is -0.531. The van der Waals surface area contributed by atoms with Crippen molar-refractivity contribution in [1.82, 2.24) is 10.2 Å². The van der Waals surface area contributed by atoms with Gasteiger partial charge in [0, 0.05) is 23.3 Å². The van der Waals surface area contributed by atoms with Crippen molar-refractivity contribution < 1.29 is 9.59 Å². The number of carbonyl (C=O) groups is 2. The smallest absolute Gasteiger partial charge is 0.242 e. The maximum Gasteiger partial charge on any atom is 0.242 e. The van der Waals surface area contributed by atoms with Gasteiger partial charge in [0.25, 0.3) is 0 Å². The van der Waals surface area contributed by atoms with Crippen LogP contribution in [0.25, 0.3) is 0 Å². The molecule has 1 N–H and O–H groups in total. The maximum atomic E-state index is 13.1. The van der Waals surface area contributed by atoms with Crippen LogP contribution in [0.4, 0.5) is 0 Å². The van der Waals surface area contributed by atoms with Gasteiger partial charge < -0.3 is 10.2 Å². The van der Waals surface area contributed by atoms with Crippen molar-refractivity contribution in [2.75, 3.05) is 12.3 Å². The number of aryl methyl sites for hydroxylation is 2. The van der Waals surface area contributed by atoms with Gasteiger partial charge in [0.2, 0.25) is 11.8 Å². The second kappa shape index (κ2) is 12.3. The van der Waals surface area contributed by atoms with Gasteiger partial charge in [0.05, 0.1) is 5.75 Å². The van der Waals surface area contributed by atoms with E-state index in [1.165, 1.54) is 16.7 Å². The highest BCUT2D eigenvalue weighted by molar-refractivity contribution is 9.10. The van der Waals surface area contributed by atoms with Crippen LogP contribution in [0.15, 0.2) is 46.9 Å². The second-order valence-electron chi connectivity index (χ2n) is 8.45. The zero-order valence-corrected chi connectivity index (χ0v) is 21.5. The van der Waals surface area contributed by atoms with E-state index in [0.29, 0.717) is 24.8 Å². The molecular formula is C25H33BrN2O2S. The Morgan fingerprint density at radius 3 is 2.19 bits per heavy atom. The largest absolute Gasteiger partial charge is 0.354 e. The number of benzene rings is 2. The molecule has 0 saturated heterocycles. The average molecular weight is 506 g/mol. The van der Waals surface area contributed by atoms with Gasteiger partial charge in [-0.15, -0.1) is 11.8 Å². The number of nitrogens with zero attached hydrogens (tertiary/aromatic N) is 1. The lowest BCUT2D eigenvalue weighted by Gasteiger charge is -2.29. The van der Waals surface area contributed by atoms with Crippen molar-refractivity contribution in [2.24, 2.45) is 5.92 Å². The summed E-state index contributed by atoms with van der Waals surface area (Å²) in [4.78, 5) is 27.5. The highest BCUT2D eigenvalue weighted by Crippen LogP contribution is 2.19. The van der Waals surface area contributed by atoms with E-state index >= 15 is 0 Å². The number of hydrogen-bond acceptors (Lipinski definition) is 3. The summed E-state index contributed by atoms with van der Waals surface area (Å²) in [5, 5.41) is 2.96. The number of halogens is 1. The van der Waals surface area contributed by atoms with Crippen LogP contribution in [0.5, 0.6) is 0 Å². The molecule has 0 radical (unpaired) electrons. The SMILES string of the molecule is Cc1cc(C)cc(CSCC(=O)N(Cc2ccc(Br)cc2)[C@H](C)C(=O)NCC(C)C)c1. The Morgan fingerprint density at radius 2 is 1.61 bits per heavy atom. The van der Waals surface area contributed by atoms with E-state index in [2.05, 4.69) is 67.1 Å². The molecule has 2 rings (SSSR count). The van der Waals surface area contributed by atoms with Gasteiger partial charge in [-0.1, -0.05) is 71.2 Å². The first-order valence-corrected chi connectivity index (χ1v) is 12.6. The number of nitrogens with one attached hydrogen (secondary N) is 1. The molecule has 0 aliphatic rings. The van der Waals surface area contributed by atoms with E-state index in [-0.39, 0.29) is 11.8 Å². The molecule has 0 aliphatic carbocycles. The van der Waals surface area contributed by atoms with Crippen LogP contribution in [-0.4, -0.2) is 35.1 Å². The zero-order valence-electron chi connectivity index (χ0n) is 19.1. The number of rotatable bonds is 10. The van der Waals surface area contributed by atoms with Gasteiger partial charge in [-0.3, -0.25) is 9.59 Å². The fourth-order valence-electron chi connectivity index (χ4n) is 3.31. The minimum absolute atomic E-state index is 0.0236. The van der Waals surface area contributed by atoms with Crippen LogP contribution in [-0.2, 0) is 21.9 Å². The number of carbonyl (C=O) groups excluding carboxylic acids is 2. The molecular weight excluding hydrogens is 472 g/mol. The summed E-state index contributed by atoms with van der Waals surface area (Å²) in [6.45, 7) is 11.1. The maximum absolute atomic E-state index is 13.1. The molecule has 0 aliphatic heterocycles. The summed E-state index contributed by atoms with van der Waals surface area (Å²) in [5.41, 5.74) is 4.68. The standard InChI is InChI=1S/C25H33BrN2O2S/c1-17(2)13-27-25(30)20(5)28(14-21-6-8-23(26)9-7-21)24(29)16-31-15-22-11-18(3)10-19(4)12-22/h6-12,17,20H,13-16H2,1-5H3,(H,27,30)/t20-/m1/s1. The molecule has 0 bridgehead atoms. The summed E-state index contributed by atoms with van der Waals surface area (Å²) >= 11 is 5.04. The van der Waals surface area contributed by atoms with E-state index in [1.54, 1.807) is 23.6 Å². The predicted octanol–water partition coefficient (Wildman–Crippen LogP) is 5.49. The Hall–Kier alpha value is -1.79. The summed E-state index contributed by atoms with van der Waals surface area (Å²) in [5.74, 6) is 1.34. The fourth-order valence-corrected chi connectivity index (χ4v) is 4.42. The summed E-state index contributed by atoms with van der Waals surface area (Å²) < 4.78 is 0.987. The molecule has 0 saturated carbocycles. The van der Waals surface area contributed by atoms with Gasteiger partial charge in [-0.05, 0) is 49.9 Å². The lowest BCUT2D eigenvalue weighted by atomic mass is 10.1. The lowest BCUT2D eigenvalue weighted by molar-refractivity contribution is -0.138. The van der Waals surface area contributed by atoms with Crippen molar-refractivity contribution in [2.45, 2.75) is 53.0 Å². The Morgan fingerprint density at radius 1 is 1.00 bits per heavy atom. The highest BCUT2D eigenvalue weighted by Gasteiger charge is 2.26. The first-order valence-electron chi connectivity index (χ1n) is 10.6. The van der Waals surface area contributed by atoms with E-state index in [1.807, 2.05) is 24.3 Å². The normalized spacial score (nSPS) is 12.0. The Balaban J connectivity index is 2.06. The molecule has 0 fully saturated rings.